The lowest BCUT2D eigenvalue weighted by Gasteiger charge is -2.32. The van der Waals surface area contributed by atoms with E-state index in [9.17, 15) is 13.2 Å². The van der Waals surface area contributed by atoms with Gasteiger partial charge in [0, 0.05) is 39.7 Å². The van der Waals surface area contributed by atoms with Crippen LogP contribution in [0.2, 0.25) is 0 Å². The zero-order valence-corrected chi connectivity index (χ0v) is 19.1. The highest BCUT2D eigenvalue weighted by atomic mass is 32.2. The zero-order chi connectivity index (χ0) is 22.5. The van der Waals surface area contributed by atoms with Crippen molar-refractivity contribution < 1.29 is 17.9 Å². The minimum Gasteiger partial charge on any atom is -0.472 e. The van der Waals surface area contributed by atoms with Gasteiger partial charge < -0.3 is 14.5 Å². The van der Waals surface area contributed by atoms with Gasteiger partial charge in [-0.3, -0.25) is 4.79 Å². The van der Waals surface area contributed by atoms with Crippen molar-refractivity contribution in [1.82, 2.24) is 14.5 Å². The topological polar surface area (TPSA) is 95.9 Å². The average molecular weight is 458 g/mol. The number of rotatable bonds is 5. The number of aryl methyl sites for hydroxylation is 1. The number of aromatic nitrogens is 2. The van der Waals surface area contributed by atoms with Crippen molar-refractivity contribution in [3.63, 3.8) is 0 Å². The second kappa shape index (κ2) is 8.00. The van der Waals surface area contributed by atoms with Gasteiger partial charge in [-0.1, -0.05) is 0 Å². The first-order valence-corrected chi connectivity index (χ1v) is 12.4. The number of carbonyl (C=O) groups excluding carboxylic acids is 1. The molecule has 1 saturated heterocycles. The Balaban J connectivity index is 1.35. The van der Waals surface area contributed by atoms with Gasteiger partial charge in [0.05, 0.1) is 17.1 Å². The fourth-order valence-corrected chi connectivity index (χ4v) is 6.34. The summed E-state index contributed by atoms with van der Waals surface area (Å²) in [6.07, 6.45) is 2.92. The molecule has 32 heavy (non-hydrogen) atoms. The van der Waals surface area contributed by atoms with Crippen molar-refractivity contribution in [3.05, 3.63) is 35.4 Å². The van der Waals surface area contributed by atoms with E-state index < -0.39 is 10.0 Å². The Morgan fingerprint density at radius 3 is 2.56 bits per heavy atom. The lowest BCUT2D eigenvalue weighted by molar-refractivity contribution is -0.118. The van der Waals surface area contributed by atoms with E-state index in [1.165, 1.54) is 4.31 Å². The van der Waals surface area contributed by atoms with Gasteiger partial charge >= 0.3 is 0 Å². The number of piperidine rings is 1. The Morgan fingerprint density at radius 1 is 1.06 bits per heavy atom. The van der Waals surface area contributed by atoms with Crippen LogP contribution in [0.15, 0.2) is 29.2 Å². The van der Waals surface area contributed by atoms with Crippen LogP contribution < -0.4 is 14.5 Å². The molecule has 0 radical (unpaired) electrons. The Morgan fingerprint density at radius 2 is 1.84 bits per heavy atom. The van der Waals surface area contributed by atoms with E-state index in [0.717, 1.165) is 29.1 Å². The molecule has 3 aliphatic heterocycles. The molecule has 170 valence electrons. The molecule has 0 aliphatic carbocycles. The molecule has 0 saturated carbocycles. The summed E-state index contributed by atoms with van der Waals surface area (Å²) in [5, 5.41) is 8.23. The Labute approximate surface area is 188 Å². The second-order valence-electron chi connectivity index (χ2n) is 8.75. The van der Waals surface area contributed by atoms with Crippen molar-refractivity contribution >= 4 is 27.4 Å². The third-order valence-electron chi connectivity index (χ3n) is 6.38. The number of nitrogens with zero attached hydrogens (tertiary/aromatic N) is 5. The highest BCUT2D eigenvalue weighted by molar-refractivity contribution is 7.89. The minimum atomic E-state index is -3.66. The first-order valence-electron chi connectivity index (χ1n) is 11.0. The third-order valence-corrected chi connectivity index (χ3v) is 8.22. The Bertz CT molecular complexity index is 1150. The van der Waals surface area contributed by atoms with E-state index in [4.69, 9.17) is 4.74 Å². The number of hydrogen-bond donors (Lipinski definition) is 0. The Kier molecular flexibility index (Phi) is 5.29. The van der Waals surface area contributed by atoms with Gasteiger partial charge in [0.2, 0.25) is 21.8 Å². The molecule has 1 amide bonds. The van der Waals surface area contributed by atoms with Gasteiger partial charge in [-0.25, -0.2) is 8.42 Å². The lowest BCUT2D eigenvalue weighted by Crippen LogP contribution is -2.44. The largest absolute Gasteiger partial charge is 0.472 e. The number of benzene rings is 1. The molecular weight excluding hydrogens is 430 g/mol. The number of hydrogen-bond acceptors (Lipinski definition) is 7. The zero-order valence-electron chi connectivity index (χ0n) is 18.3. The van der Waals surface area contributed by atoms with E-state index >= 15 is 0 Å². The molecule has 5 rings (SSSR count). The van der Waals surface area contributed by atoms with Crippen LogP contribution in [0.25, 0.3) is 0 Å². The van der Waals surface area contributed by atoms with Crippen LogP contribution in [-0.4, -0.2) is 68.7 Å². The van der Waals surface area contributed by atoms with E-state index in [-0.39, 0.29) is 18.6 Å². The Hall–Kier alpha value is -2.72. The van der Waals surface area contributed by atoms with Crippen LogP contribution in [0.5, 0.6) is 5.88 Å². The summed E-state index contributed by atoms with van der Waals surface area (Å²) in [7, 11) is 0.113. The van der Waals surface area contributed by atoms with Crippen molar-refractivity contribution in [3.8, 4) is 5.88 Å². The van der Waals surface area contributed by atoms with Crippen LogP contribution in [-0.2, 0) is 27.7 Å². The summed E-state index contributed by atoms with van der Waals surface area (Å²) in [5.41, 5.74) is 2.84. The van der Waals surface area contributed by atoms with E-state index in [2.05, 4.69) is 10.2 Å². The van der Waals surface area contributed by atoms with Gasteiger partial charge in [0.1, 0.15) is 6.10 Å². The van der Waals surface area contributed by atoms with Crippen LogP contribution in [0.1, 0.15) is 30.4 Å². The molecule has 2 aromatic rings. The van der Waals surface area contributed by atoms with Crippen molar-refractivity contribution in [2.45, 2.75) is 43.1 Å². The molecule has 3 aliphatic rings. The number of sulfonamides is 1. The predicted molar refractivity (Wildman–Crippen MR) is 120 cm³/mol. The van der Waals surface area contributed by atoms with Crippen molar-refractivity contribution in [1.29, 1.82) is 0 Å². The fourth-order valence-electron chi connectivity index (χ4n) is 4.73. The van der Waals surface area contributed by atoms with Crippen LogP contribution in [0, 0.1) is 0 Å². The summed E-state index contributed by atoms with van der Waals surface area (Å²) in [6.45, 7) is 1.37. The molecule has 0 N–H and O–H groups in total. The monoisotopic (exact) mass is 457 g/mol. The molecular formula is C22H27N5O4S. The molecule has 1 aromatic carbocycles. The molecule has 1 atom stereocenters. The van der Waals surface area contributed by atoms with Gasteiger partial charge in [-0.05, 0) is 55.0 Å². The third kappa shape index (κ3) is 3.71. The summed E-state index contributed by atoms with van der Waals surface area (Å²) < 4.78 is 34.5. The minimum absolute atomic E-state index is 0.129. The SMILES string of the molecule is CN(C)c1ccc(OC2CCCN(S(=O)(=O)c3cc4c5c(c3)CCN5C(=O)CC4)C2)nn1. The molecule has 0 bridgehead atoms. The maximum Gasteiger partial charge on any atom is 0.243 e. The number of anilines is 2. The lowest BCUT2D eigenvalue weighted by atomic mass is 10.00. The van der Waals surface area contributed by atoms with Crippen LogP contribution >= 0.6 is 0 Å². The molecule has 4 heterocycles. The van der Waals surface area contributed by atoms with Crippen LogP contribution in [0.3, 0.4) is 0 Å². The summed E-state index contributed by atoms with van der Waals surface area (Å²) >= 11 is 0. The van der Waals surface area contributed by atoms with Gasteiger partial charge in [0.25, 0.3) is 0 Å². The van der Waals surface area contributed by atoms with Crippen molar-refractivity contribution in [2.24, 2.45) is 0 Å². The van der Waals surface area contributed by atoms with Crippen LogP contribution in [0.4, 0.5) is 11.5 Å². The first-order chi connectivity index (χ1) is 15.3. The highest BCUT2D eigenvalue weighted by Crippen LogP contribution is 2.39. The highest BCUT2D eigenvalue weighted by Gasteiger charge is 2.36. The van der Waals surface area contributed by atoms with Gasteiger partial charge in [0.15, 0.2) is 5.82 Å². The second-order valence-corrected chi connectivity index (χ2v) is 10.7. The summed E-state index contributed by atoms with van der Waals surface area (Å²) in [6, 6.07) is 7.09. The average Bonchev–Trinajstić information content (AvgIpc) is 3.22. The van der Waals surface area contributed by atoms with E-state index in [1.807, 2.05) is 25.1 Å². The fraction of sp³-hybridized carbons (Fsp3) is 0.500. The molecule has 1 fully saturated rings. The van der Waals surface area contributed by atoms with Gasteiger partial charge in [-0.15, -0.1) is 10.2 Å². The molecule has 1 aromatic heterocycles. The predicted octanol–water partition coefficient (Wildman–Crippen LogP) is 1.61. The smallest absolute Gasteiger partial charge is 0.243 e. The quantitative estimate of drug-likeness (QED) is 0.673. The van der Waals surface area contributed by atoms with Crippen molar-refractivity contribution in [2.75, 3.05) is 43.5 Å². The number of carbonyl (C=O) groups is 1. The number of ether oxygens (including phenoxy) is 1. The number of amides is 1. The normalized spacial score (nSPS) is 20.9. The molecule has 10 heteroatoms. The summed E-state index contributed by atoms with van der Waals surface area (Å²) in [4.78, 5) is 16.1. The van der Waals surface area contributed by atoms with E-state index in [1.54, 1.807) is 23.1 Å². The maximum absolute atomic E-state index is 13.5. The molecule has 1 unspecified atom stereocenters. The first kappa shape index (κ1) is 21.1. The maximum atomic E-state index is 13.5. The molecule has 0 spiro atoms. The van der Waals surface area contributed by atoms with E-state index in [0.29, 0.717) is 49.5 Å². The molecule has 9 nitrogen and oxygen atoms in total. The van der Waals surface area contributed by atoms with Gasteiger partial charge in [-0.2, -0.15) is 4.31 Å². The standard InChI is InChI=1S/C22H27N5O4S/c1-25(2)19-6-7-20(24-23-19)31-17-4-3-10-26(14-17)32(29,30)18-12-15-5-8-21(28)27-11-9-16(13-18)22(15)27/h6-7,12-13,17H,3-5,8-11,14H2,1-2H3. The summed E-state index contributed by atoms with van der Waals surface area (Å²) in [5.74, 6) is 1.25.